The quantitative estimate of drug-likeness (QED) is 0.756. The number of halogens is 1. The molecule has 0 fully saturated rings. The number of aliphatic imine (C=N–C) groups is 1. The van der Waals surface area contributed by atoms with Crippen LogP contribution in [-0.4, -0.2) is 25.5 Å². The first-order valence-electron chi connectivity index (χ1n) is 5.78. The van der Waals surface area contributed by atoms with Gasteiger partial charge in [0.1, 0.15) is 0 Å². The Hall–Kier alpha value is -0.780. The second-order valence-corrected chi connectivity index (χ2v) is 5.05. The summed E-state index contributed by atoms with van der Waals surface area (Å²) in [4.78, 5) is 4.71. The zero-order valence-corrected chi connectivity index (χ0v) is 13.9. The lowest BCUT2D eigenvalue weighted by Crippen LogP contribution is -2.27. The van der Waals surface area contributed by atoms with Gasteiger partial charge in [-0.2, -0.15) is 0 Å². The maximum Gasteiger partial charge on any atom is 0.161 e. The van der Waals surface area contributed by atoms with E-state index in [1.54, 1.807) is 14.2 Å². The van der Waals surface area contributed by atoms with Crippen molar-refractivity contribution in [3.8, 4) is 11.5 Å². The van der Waals surface area contributed by atoms with E-state index in [0.29, 0.717) is 0 Å². The predicted octanol–water partition coefficient (Wildman–Crippen LogP) is 3.47. The van der Waals surface area contributed by atoms with Gasteiger partial charge in [-0.1, -0.05) is 0 Å². The number of fused-ring (bicyclic) bond motifs is 1. The van der Waals surface area contributed by atoms with Crippen LogP contribution >= 0.6 is 24.0 Å². The Kier molecular flexibility index (Phi) is 4.64. The molecule has 0 aliphatic carbocycles. The molecule has 18 heavy (non-hydrogen) atoms. The van der Waals surface area contributed by atoms with Crippen molar-refractivity contribution in [2.24, 2.45) is 4.99 Å². The highest BCUT2D eigenvalue weighted by Gasteiger charge is 2.26. The van der Waals surface area contributed by atoms with E-state index in [0.717, 1.165) is 23.6 Å². The van der Waals surface area contributed by atoms with E-state index in [1.165, 1.54) is 11.1 Å². The van der Waals surface area contributed by atoms with E-state index >= 15 is 0 Å². The van der Waals surface area contributed by atoms with Gasteiger partial charge in [-0.05, 0) is 44.9 Å². The standard InChI is InChI=1S/C14H19NO2.HI/c1-9-11-7-13(17-5)12(16-4)6-10(11)8-14(2,3)15-9;/h6-7H,8H2,1-5H3;1H. The van der Waals surface area contributed by atoms with Crippen LogP contribution in [0.25, 0.3) is 0 Å². The van der Waals surface area contributed by atoms with Gasteiger partial charge in [-0.25, -0.2) is 0 Å². The molecule has 0 spiro atoms. The summed E-state index contributed by atoms with van der Waals surface area (Å²) in [5.74, 6) is 1.55. The van der Waals surface area contributed by atoms with Crippen LogP contribution in [0.2, 0.25) is 0 Å². The van der Waals surface area contributed by atoms with Crippen LogP contribution in [0.15, 0.2) is 17.1 Å². The van der Waals surface area contributed by atoms with E-state index in [9.17, 15) is 0 Å². The molecule has 0 atom stereocenters. The van der Waals surface area contributed by atoms with Gasteiger partial charge in [0.2, 0.25) is 0 Å². The highest BCUT2D eigenvalue weighted by Crippen LogP contribution is 2.35. The number of benzene rings is 1. The minimum atomic E-state index is -0.0311. The molecule has 0 unspecified atom stereocenters. The van der Waals surface area contributed by atoms with Crippen molar-refractivity contribution in [3.05, 3.63) is 23.3 Å². The SMILES string of the molecule is COc1cc2c(cc1OC)C(C)=NC(C)(C)C2.I. The van der Waals surface area contributed by atoms with Gasteiger partial charge in [0.15, 0.2) is 11.5 Å². The first-order valence-corrected chi connectivity index (χ1v) is 5.78. The number of hydrogen-bond donors (Lipinski definition) is 0. The first kappa shape index (κ1) is 15.3. The fourth-order valence-electron chi connectivity index (χ4n) is 2.42. The normalized spacial score (nSPS) is 16.2. The molecule has 0 saturated heterocycles. The molecular weight excluding hydrogens is 341 g/mol. The van der Waals surface area contributed by atoms with Crippen molar-refractivity contribution >= 4 is 29.7 Å². The maximum absolute atomic E-state index is 5.34. The first-order chi connectivity index (χ1) is 7.96. The van der Waals surface area contributed by atoms with Crippen molar-refractivity contribution in [2.75, 3.05) is 14.2 Å². The number of ether oxygens (including phenoxy) is 2. The minimum absolute atomic E-state index is 0. The summed E-state index contributed by atoms with van der Waals surface area (Å²) >= 11 is 0. The van der Waals surface area contributed by atoms with Crippen molar-refractivity contribution in [1.29, 1.82) is 0 Å². The molecule has 1 aromatic carbocycles. The zero-order chi connectivity index (χ0) is 12.6. The summed E-state index contributed by atoms with van der Waals surface area (Å²) in [7, 11) is 3.32. The van der Waals surface area contributed by atoms with Gasteiger partial charge in [-0.3, -0.25) is 4.99 Å². The van der Waals surface area contributed by atoms with Gasteiger partial charge in [0.25, 0.3) is 0 Å². The van der Waals surface area contributed by atoms with Gasteiger partial charge < -0.3 is 9.47 Å². The Labute approximate surface area is 126 Å². The molecule has 0 N–H and O–H groups in total. The number of methoxy groups -OCH3 is 2. The molecule has 3 nitrogen and oxygen atoms in total. The van der Waals surface area contributed by atoms with Gasteiger partial charge >= 0.3 is 0 Å². The molecule has 1 aromatic rings. The monoisotopic (exact) mass is 361 g/mol. The van der Waals surface area contributed by atoms with Crippen LogP contribution in [0.4, 0.5) is 0 Å². The van der Waals surface area contributed by atoms with Crippen molar-refractivity contribution in [3.63, 3.8) is 0 Å². The highest BCUT2D eigenvalue weighted by molar-refractivity contribution is 14.0. The molecular formula is C14H20INO2. The zero-order valence-electron chi connectivity index (χ0n) is 11.5. The molecule has 100 valence electrons. The van der Waals surface area contributed by atoms with E-state index in [-0.39, 0.29) is 29.5 Å². The molecule has 1 aliphatic rings. The summed E-state index contributed by atoms with van der Waals surface area (Å²) in [6.07, 6.45) is 0.931. The van der Waals surface area contributed by atoms with E-state index < -0.39 is 0 Å². The van der Waals surface area contributed by atoms with Gasteiger partial charge in [0.05, 0.1) is 19.8 Å². The van der Waals surface area contributed by atoms with E-state index in [4.69, 9.17) is 14.5 Å². The van der Waals surface area contributed by atoms with E-state index in [1.807, 2.05) is 13.0 Å². The summed E-state index contributed by atoms with van der Waals surface area (Å²) < 4.78 is 10.7. The molecule has 0 amide bonds. The van der Waals surface area contributed by atoms with Crippen LogP contribution < -0.4 is 9.47 Å². The third-order valence-electron chi connectivity index (χ3n) is 3.09. The molecule has 0 aromatic heterocycles. The Balaban J connectivity index is 0.00000162. The molecule has 1 aliphatic heterocycles. The topological polar surface area (TPSA) is 30.8 Å². The third kappa shape index (κ3) is 2.79. The van der Waals surface area contributed by atoms with Crippen molar-refractivity contribution < 1.29 is 9.47 Å². The summed E-state index contributed by atoms with van der Waals surface area (Å²) in [5.41, 5.74) is 3.48. The second kappa shape index (κ2) is 5.47. The lowest BCUT2D eigenvalue weighted by molar-refractivity contribution is 0.353. The summed E-state index contributed by atoms with van der Waals surface area (Å²) in [5, 5.41) is 0. The van der Waals surface area contributed by atoms with Crippen LogP contribution in [0.1, 0.15) is 31.9 Å². The molecule has 1 heterocycles. The van der Waals surface area contributed by atoms with Crippen LogP contribution in [0.5, 0.6) is 11.5 Å². The Morgan fingerprint density at radius 1 is 1.11 bits per heavy atom. The lowest BCUT2D eigenvalue weighted by atomic mass is 9.87. The van der Waals surface area contributed by atoms with Crippen molar-refractivity contribution in [1.82, 2.24) is 0 Å². The summed E-state index contributed by atoms with van der Waals surface area (Å²) in [6.45, 7) is 6.35. The Morgan fingerprint density at radius 2 is 1.67 bits per heavy atom. The Bertz CT molecular complexity index is 481. The third-order valence-corrected chi connectivity index (χ3v) is 3.09. The summed E-state index contributed by atoms with van der Waals surface area (Å²) in [6, 6.07) is 4.08. The molecule has 4 heteroatoms. The predicted molar refractivity (Wildman–Crippen MR) is 85.0 cm³/mol. The van der Waals surface area contributed by atoms with Gasteiger partial charge in [-0.15, -0.1) is 24.0 Å². The number of nitrogens with zero attached hydrogens (tertiary/aromatic N) is 1. The number of rotatable bonds is 2. The maximum atomic E-state index is 5.34. The van der Waals surface area contributed by atoms with E-state index in [2.05, 4.69) is 19.9 Å². The molecule has 0 saturated carbocycles. The van der Waals surface area contributed by atoms with Crippen LogP contribution in [0.3, 0.4) is 0 Å². The average molecular weight is 361 g/mol. The number of hydrogen-bond acceptors (Lipinski definition) is 3. The minimum Gasteiger partial charge on any atom is -0.493 e. The highest BCUT2D eigenvalue weighted by atomic mass is 127. The largest absolute Gasteiger partial charge is 0.493 e. The smallest absolute Gasteiger partial charge is 0.161 e. The second-order valence-electron chi connectivity index (χ2n) is 5.05. The van der Waals surface area contributed by atoms with Gasteiger partial charge in [0, 0.05) is 11.3 Å². The molecule has 2 rings (SSSR count). The Morgan fingerprint density at radius 3 is 2.22 bits per heavy atom. The average Bonchev–Trinajstić information content (AvgIpc) is 2.26. The van der Waals surface area contributed by atoms with Crippen molar-refractivity contribution in [2.45, 2.75) is 32.7 Å². The van der Waals surface area contributed by atoms with Crippen LogP contribution in [0, 0.1) is 0 Å². The molecule has 0 radical (unpaired) electrons. The fraction of sp³-hybridized carbons (Fsp3) is 0.500. The fourth-order valence-corrected chi connectivity index (χ4v) is 2.42. The van der Waals surface area contributed by atoms with Crippen LogP contribution in [-0.2, 0) is 6.42 Å². The molecule has 0 bridgehead atoms. The lowest BCUT2D eigenvalue weighted by Gasteiger charge is -2.28.